The summed E-state index contributed by atoms with van der Waals surface area (Å²) in [5, 5.41) is 24.6. The van der Waals surface area contributed by atoms with Gasteiger partial charge in [0.25, 0.3) is 0 Å². The summed E-state index contributed by atoms with van der Waals surface area (Å²) in [4.78, 5) is 68.9. The molecule has 0 aliphatic heterocycles. The van der Waals surface area contributed by atoms with Gasteiger partial charge >= 0.3 is 11.9 Å². The number of amides is 4. The first-order valence-electron chi connectivity index (χ1n) is 8.74. The van der Waals surface area contributed by atoms with E-state index < -0.39 is 79.0 Å². The summed E-state index contributed by atoms with van der Waals surface area (Å²) in [6.07, 6.45) is -0.811. The first-order valence-corrected chi connectivity index (χ1v) is 8.74. The van der Waals surface area contributed by atoms with E-state index in [1.165, 1.54) is 0 Å². The predicted octanol–water partition coefficient (Wildman–Crippen LogP) is -3.12. The highest BCUT2D eigenvalue weighted by Crippen LogP contribution is 2.08. The van der Waals surface area contributed by atoms with Crippen LogP contribution in [-0.2, 0) is 28.8 Å². The zero-order chi connectivity index (χ0) is 22.7. The normalized spacial score (nSPS) is 14.6. The van der Waals surface area contributed by atoms with Crippen LogP contribution in [0, 0.1) is 5.92 Å². The molecule has 4 atom stereocenters. The number of rotatable bonds is 13. The van der Waals surface area contributed by atoms with Gasteiger partial charge in [-0.3, -0.25) is 24.0 Å². The SMILES string of the molecule is CCC(C)C(NC(=O)C(CC(=O)O)NC(=O)CNC(=O)C(N)CC(N)=O)C(=O)O. The third-order valence-electron chi connectivity index (χ3n) is 3.99. The lowest BCUT2D eigenvalue weighted by Gasteiger charge is -2.23. The van der Waals surface area contributed by atoms with Crippen LogP contribution in [0.25, 0.3) is 0 Å². The molecular weight excluding hydrogens is 390 g/mol. The molecule has 0 aromatic rings. The lowest BCUT2D eigenvalue weighted by Crippen LogP contribution is -2.55. The third-order valence-corrected chi connectivity index (χ3v) is 3.99. The van der Waals surface area contributed by atoms with Crippen LogP contribution in [0.15, 0.2) is 0 Å². The van der Waals surface area contributed by atoms with Gasteiger partial charge in [0.2, 0.25) is 23.6 Å². The van der Waals surface area contributed by atoms with Crippen molar-refractivity contribution >= 4 is 35.6 Å². The molecule has 0 aliphatic rings. The maximum absolute atomic E-state index is 12.3. The van der Waals surface area contributed by atoms with Crippen LogP contribution < -0.4 is 27.4 Å². The Bertz CT molecular complexity index is 653. The van der Waals surface area contributed by atoms with Gasteiger partial charge in [0.1, 0.15) is 12.1 Å². The molecule has 0 aliphatic carbocycles. The van der Waals surface area contributed by atoms with E-state index in [1.807, 2.05) is 0 Å². The minimum absolute atomic E-state index is 0.435. The van der Waals surface area contributed by atoms with E-state index in [0.717, 1.165) is 0 Å². The average Bonchev–Trinajstić information content (AvgIpc) is 2.61. The van der Waals surface area contributed by atoms with Crippen LogP contribution >= 0.6 is 0 Å². The van der Waals surface area contributed by atoms with E-state index in [1.54, 1.807) is 13.8 Å². The Kier molecular flexibility index (Phi) is 10.9. The van der Waals surface area contributed by atoms with Crippen LogP contribution in [-0.4, -0.2) is 70.5 Å². The highest BCUT2D eigenvalue weighted by molar-refractivity contribution is 5.94. The molecule has 4 unspecified atom stereocenters. The van der Waals surface area contributed by atoms with Crippen LogP contribution in [0.1, 0.15) is 33.1 Å². The number of nitrogens with one attached hydrogen (secondary N) is 3. The number of hydrogen-bond acceptors (Lipinski definition) is 7. The number of primary amides is 1. The fourth-order valence-corrected chi connectivity index (χ4v) is 2.17. The number of carboxylic acid groups (broad SMARTS) is 2. The molecule has 29 heavy (non-hydrogen) atoms. The largest absolute Gasteiger partial charge is 0.481 e. The van der Waals surface area contributed by atoms with Crippen molar-refractivity contribution in [3.8, 4) is 0 Å². The van der Waals surface area contributed by atoms with Gasteiger partial charge in [-0.1, -0.05) is 20.3 Å². The van der Waals surface area contributed by atoms with Crippen molar-refractivity contribution in [3.05, 3.63) is 0 Å². The fourth-order valence-electron chi connectivity index (χ4n) is 2.17. The first-order chi connectivity index (χ1) is 13.4. The van der Waals surface area contributed by atoms with Crippen molar-refractivity contribution in [1.82, 2.24) is 16.0 Å². The Morgan fingerprint density at radius 2 is 1.55 bits per heavy atom. The van der Waals surface area contributed by atoms with Crippen LogP contribution in [0.5, 0.6) is 0 Å². The Hall–Kier alpha value is -3.22. The van der Waals surface area contributed by atoms with Gasteiger partial charge in [-0.2, -0.15) is 0 Å². The van der Waals surface area contributed by atoms with Crippen LogP contribution in [0.3, 0.4) is 0 Å². The number of carboxylic acids is 2. The van der Waals surface area contributed by atoms with E-state index in [0.29, 0.717) is 6.42 Å². The van der Waals surface area contributed by atoms with Gasteiger partial charge in [-0.05, 0) is 5.92 Å². The average molecular weight is 417 g/mol. The van der Waals surface area contributed by atoms with Crippen molar-refractivity contribution in [2.45, 2.75) is 51.2 Å². The minimum Gasteiger partial charge on any atom is -0.481 e. The number of carbonyl (C=O) groups excluding carboxylic acids is 4. The van der Waals surface area contributed by atoms with E-state index in [-0.39, 0.29) is 0 Å². The fraction of sp³-hybridized carbons (Fsp3) is 0.625. The van der Waals surface area contributed by atoms with E-state index in [2.05, 4.69) is 16.0 Å². The summed E-state index contributed by atoms with van der Waals surface area (Å²) in [6.45, 7) is 2.66. The topological polar surface area (TPSA) is 231 Å². The molecule has 13 nitrogen and oxygen atoms in total. The monoisotopic (exact) mass is 417 g/mol. The number of hydrogen-bond donors (Lipinski definition) is 7. The number of aliphatic carboxylic acids is 2. The van der Waals surface area contributed by atoms with Gasteiger partial charge in [0.05, 0.1) is 25.4 Å². The molecule has 0 heterocycles. The molecule has 13 heteroatoms. The second kappa shape index (κ2) is 12.3. The van der Waals surface area contributed by atoms with Crippen molar-refractivity contribution < 1.29 is 39.0 Å². The molecule has 9 N–H and O–H groups in total. The van der Waals surface area contributed by atoms with Gasteiger partial charge in [-0.15, -0.1) is 0 Å². The number of carbonyl (C=O) groups is 6. The summed E-state index contributed by atoms with van der Waals surface area (Å²) in [7, 11) is 0. The van der Waals surface area contributed by atoms with Gasteiger partial charge in [0.15, 0.2) is 0 Å². The molecule has 0 fully saturated rings. The van der Waals surface area contributed by atoms with Crippen LogP contribution in [0.4, 0.5) is 0 Å². The number of nitrogens with two attached hydrogens (primary N) is 2. The van der Waals surface area contributed by atoms with E-state index in [4.69, 9.17) is 16.6 Å². The highest BCUT2D eigenvalue weighted by atomic mass is 16.4. The summed E-state index contributed by atoms with van der Waals surface area (Å²) in [5.74, 6) is -6.72. The van der Waals surface area contributed by atoms with E-state index in [9.17, 15) is 33.9 Å². The molecular formula is C16H27N5O8. The molecule has 0 rings (SSSR count). The van der Waals surface area contributed by atoms with E-state index >= 15 is 0 Å². The molecule has 0 saturated carbocycles. The Balaban J connectivity index is 4.97. The third kappa shape index (κ3) is 10.0. The lowest BCUT2D eigenvalue weighted by molar-refractivity contribution is -0.144. The smallest absolute Gasteiger partial charge is 0.326 e. The molecule has 164 valence electrons. The zero-order valence-electron chi connectivity index (χ0n) is 16.1. The summed E-state index contributed by atoms with van der Waals surface area (Å²) < 4.78 is 0. The molecule has 0 bridgehead atoms. The van der Waals surface area contributed by atoms with Crippen molar-refractivity contribution in [2.24, 2.45) is 17.4 Å². The van der Waals surface area contributed by atoms with Gasteiger partial charge < -0.3 is 37.6 Å². The van der Waals surface area contributed by atoms with Crippen molar-refractivity contribution in [3.63, 3.8) is 0 Å². The molecule has 0 radical (unpaired) electrons. The lowest BCUT2D eigenvalue weighted by atomic mass is 9.98. The summed E-state index contributed by atoms with van der Waals surface area (Å²) in [5.41, 5.74) is 10.3. The second-order valence-corrected chi connectivity index (χ2v) is 6.42. The van der Waals surface area contributed by atoms with Gasteiger partial charge in [0, 0.05) is 0 Å². The highest BCUT2D eigenvalue weighted by Gasteiger charge is 2.30. The second-order valence-electron chi connectivity index (χ2n) is 6.42. The quantitative estimate of drug-likeness (QED) is 0.160. The van der Waals surface area contributed by atoms with Gasteiger partial charge in [-0.25, -0.2) is 4.79 Å². The molecule has 0 aromatic carbocycles. The molecule has 4 amide bonds. The van der Waals surface area contributed by atoms with Crippen molar-refractivity contribution in [2.75, 3.05) is 6.54 Å². The Morgan fingerprint density at radius 3 is 2.00 bits per heavy atom. The predicted molar refractivity (Wildman–Crippen MR) is 98.0 cm³/mol. The zero-order valence-corrected chi connectivity index (χ0v) is 16.1. The summed E-state index contributed by atoms with van der Waals surface area (Å²) >= 11 is 0. The summed E-state index contributed by atoms with van der Waals surface area (Å²) in [6, 6.07) is -4.11. The Labute approximate surface area is 166 Å². The maximum Gasteiger partial charge on any atom is 0.326 e. The molecule has 0 aromatic heterocycles. The van der Waals surface area contributed by atoms with Crippen molar-refractivity contribution in [1.29, 1.82) is 0 Å². The van der Waals surface area contributed by atoms with Crippen LogP contribution in [0.2, 0.25) is 0 Å². The first kappa shape index (κ1) is 25.8. The Morgan fingerprint density at radius 1 is 0.966 bits per heavy atom. The molecule has 0 saturated heterocycles. The maximum atomic E-state index is 12.3. The molecule has 0 spiro atoms. The minimum atomic E-state index is -1.57. The standard InChI is InChI=1S/C16H27N5O8/c1-3-7(2)13(16(28)29)21-15(27)9(5-12(24)25)20-11(23)6-19-14(26)8(17)4-10(18)22/h7-9,13H,3-6,17H2,1-2H3,(H2,18,22)(H,19,26)(H,20,23)(H,21,27)(H,24,25)(H,28,29).